The number of hydrogen-bond donors (Lipinski definition) is 2. The molecule has 0 aliphatic rings. The standard InChI is InChI=1S/C16H26N6.HI/c1-5-17-16(19-13(4)12(2)3)18-10-9-15-21-20-14-8-6-7-11-22(14)15;/h6-8,11-13H,5,9-10H2,1-4H3,(H2,17,18,19);1H. The molecule has 2 heterocycles. The highest BCUT2D eigenvalue weighted by molar-refractivity contribution is 14.0. The summed E-state index contributed by atoms with van der Waals surface area (Å²) in [6, 6.07) is 6.29. The van der Waals surface area contributed by atoms with E-state index in [1.165, 1.54) is 0 Å². The van der Waals surface area contributed by atoms with Crippen molar-refractivity contribution in [3.63, 3.8) is 0 Å². The third kappa shape index (κ3) is 5.63. The monoisotopic (exact) mass is 430 g/mol. The van der Waals surface area contributed by atoms with Crippen molar-refractivity contribution in [1.82, 2.24) is 25.2 Å². The highest BCUT2D eigenvalue weighted by Gasteiger charge is 2.09. The van der Waals surface area contributed by atoms with Gasteiger partial charge in [-0.05, 0) is 31.9 Å². The summed E-state index contributed by atoms with van der Waals surface area (Å²) in [4.78, 5) is 4.63. The van der Waals surface area contributed by atoms with Gasteiger partial charge in [0.1, 0.15) is 5.82 Å². The highest BCUT2D eigenvalue weighted by atomic mass is 127. The molecule has 0 bridgehead atoms. The fourth-order valence-corrected chi connectivity index (χ4v) is 2.03. The molecule has 0 fully saturated rings. The fraction of sp³-hybridized carbons (Fsp3) is 0.562. The Hall–Kier alpha value is -1.38. The van der Waals surface area contributed by atoms with E-state index in [1.807, 2.05) is 28.8 Å². The van der Waals surface area contributed by atoms with Gasteiger partial charge in [0.05, 0.1) is 0 Å². The van der Waals surface area contributed by atoms with E-state index in [4.69, 9.17) is 0 Å². The molecule has 1 atom stereocenters. The normalized spacial score (nSPS) is 13.0. The number of rotatable bonds is 6. The number of nitrogens with zero attached hydrogens (tertiary/aromatic N) is 4. The Labute approximate surface area is 155 Å². The van der Waals surface area contributed by atoms with Crippen molar-refractivity contribution in [3.8, 4) is 0 Å². The van der Waals surface area contributed by atoms with E-state index in [2.05, 4.69) is 53.5 Å². The van der Waals surface area contributed by atoms with Gasteiger partial charge < -0.3 is 10.6 Å². The molecular formula is C16H27IN6. The van der Waals surface area contributed by atoms with Crippen LogP contribution in [0.5, 0.6) is 0 Å². The summed E-state index contributed by atoms with van der Waals surface area (Å²) in [5, 5.41) is 15.1. The van der Waals surface area contributed by atoms with Crippen LogP contribution in [0.3, 0.4) is 0 Å². The molecule has 0 aliphatic carbocycles. The molecule has 0 radical (unpaired) electrons. The molecule has 1 unspecified atom stereocenters. The van der Waals surface area contributed by atoms with Gasteiger partial charge in [0.2, 0.25) is 0 Å². The van der Waals surface area contributed by atoms with E-state index in [1.54, 1.807) is 0 Å². The first-order chi connectivity index (χ1) is 10.6. The van der Waals surface area contributed by atoms with Crippen molar-refractivity contribution in [2.75, 3.05) is 13.1 Å². The Kier molecular flexibility index (Phi) is 8.29. The summed E-state index contributed by atoms with van der Waals surface area (Å²) in [7, 11) is 0. The third-order valence-electron chi connectivity index (χ3n) is 3.70. The second kappa shape index (κ2) is 9.69. The number of halogens is 1. The average molecular weight is 430 g/mol. The number of fused-ring (bicyclic) bond motifs is 1. The minimum atomic E-state index is 0. The molecule has 2 N–H and O–H groups in total. The van der Waals surface area contributed by atoms with Gasteiger partial charge in [0.25, 0.3) is 0 Å². The zero-order chi connectivity index (χ0) is 15.9. The van der Waals surface area contributed by atoms with Gasteiger partial charge in [-0.25, -0.2) is 0 Å². The van der Waals surface area contributed by atoms with Crippen molar-refractivity contribution in [2.45, 2.75) is 40.2 Å². The van der Waals surface area contributed by atoms with Crippen LogP contribution in [0.2, 0.25) is 0 Å². The second-order valence-electron chi connectivity index (χ2n) is 5.73. The third-order valence-corrected chi connectivity index (χ3v) is 3.70. The van der Waals surface area contributed by atoms with Crippen LogP contribution in [-0.2, 0) is 6.42 Å². The van der Waals surface area contributed by atoms with Gasteiger partial charge in [0.15, 0.2) is 11.6 Å². The van der Waals surface area contributed by atoms with E-state index < -0.39 is 0 Å². The van der Waals surface area contributed by atoms with Gasteiger partial charge in [0, 0.05) is 31.7 Å². The number of guanidine groups is 1. The molecular weight excluding hydrogens is 403 g/mol. The zero-order valence-corrected chi connectivity index (χ0v) is 16.6. The molecule has 2 rings (SSSR count). The van der Waals surface area contributed by atoms with Crippen molar-refractivity contribution < 1.29 is 0 Å². The lowest BCUT2D eigenvalue weighted by molar-refractivity contribution is 0.481. The first-order valence-corrected chi connectivity index (χ1v) is 7.95. The predicted octanol–water partition coefficient (Wildman–Crippen LogP) is 2.49. The first-order valence-electron chi connectivity index (χ1n) is 7.95. The summed E-state index contributed by atoms with van der Waals surface area (Å²) in [6.07, 6.45) is 2.75. The maximum atomic E-state index is 4.63. The maximum absolute atomic E-state index is 4.63. The topological polar surface area (TPSA) is 66.6 Å². The zero-order valence-electron chi connectivity index (χ0n) is 14.3. The maximum Gasteiger partial charge on any atom is 0.191 e. The van der Waals surface area contributed by atoms with Crippen molar-refractivity contribution in [3.05, 3.63) is 30.2 Å². The minimum absolute atomic E-state index is 0. The van der Waals surface area contributed by atoms with Crippen LogP contribution in [0.4, 0.5) is 0 Å². The molecule has 0 spiro atoms. The van der Waals surface area contributed by atoms with Crippen molar-refractivity contribution in [2.24, 2.45) is 10.9 Å². The minimum Gasteiger partial charge on any atom is -0.357 e. The van der Waals surface area contributed by atoms with Crippen LogP contribution in [0.25, 0.3) is 5.65 Å². The predicted molar refractivity (Wildman–Crippen MR) is 106 cm³/mol. The molecule has 0 amide bonds. The largest absolute Gasteiger partial charge is 0.357 e. The summed E-state index contributed by atoms with van der Waals surface area (Å²) in [6.45, 7) is 10.2. The van der Waals surface area contributed by atoms with Crippen molar-refractivity contribution in [1.29, 1.82) is 0 Å². The molecule has 0 aliphatic heterocycles. The molecule has 0 saturated heterocycles. The number of pyridine rings is 1. The van der Waals surface area contributed by atoms with Gasteiger partial charge in [-0.3, -0.25) is 9.39 Å². The average Bonchev–Trinajstić information content (AvgIpc) is 2.91. The molecule has 0 saturated carbocycles. The smallest absolute Gasteiger partial charge is 0.191 e. The quantitative estimate of drug-likeness (QED) is 0.420. The molecule has 2 aromatic heterocycles. The van der Waals surface area contributed by atoms with E-state index in [9.17, 15) is 0 Å². The molecule has 6 nitrogen and oxygen atoms in total. The van der Waals surface area contributed by atoms with Gasteiger partial charge >= 0.3 is 0 Å². The van der Waals surface area contributed by atoms with Crippen LogP contribution in [0, 0.1) is 5.92 Å². The molecule has 2 aromatic rings. The van der Waals surface area contributed by atoms with Gasteiger partial charge in [-0.2, -0.15) is 0 Å². The van der Waals surface area contributed by atoms with E-state index >= 15 is 0 Å². The van der Waals surface area contributed by atoms with Crippen molar-refractivity contribution >= 4 is 35.6 Å². The van der Waals surface area contributed by atoms with Crippen LogP contribution in [0.15, 0.2) is 29.4 Å². The summed E-state index contributed by atoms with van der Waals surface area (Å²) < 4.78 is 2.01. The molecule has 128 valence electrons. The SMILES string of the molecule is CCNC(=NCCc1nnc2ccccn12)NC(C)C(C)C.I. The summed E-state index contributed by atoms with van der Waals surface area (Å²) in [5.74, 6) is 2.36. The Balaban J connectivity index is 0.00000264. The number of hydrogen-bond acceptors (Lipinski definition) is 3. The first kappa shape index (κ1) is 19.7. The van der Waals surface area contributed by atoms with Crippen LogP contribution < -0.4 is 10.6 Å². The Morgan fingerprint density at radius 3 is 2.74 bits per heavy atom. The second-order valence-corrected chi connectivity index (χ2v) is 5.73. The van der Waals surface area contributed by atoms with Gasteiger partial charge in [-0.1, -0.05) is 19.9 Å². The molecule has 23 heavy (non-hydrogen) atoms. The molecule has 7 heteroatoms. The number of nitrogens with one attached hydrogen (secondary N) is 2. The Morgan fingerprint density at radius 1 is 1.26 bits per heavy atom. The van der Waals surface area contributed by atoms with Crippen LogP contribution >= 0.6 is 24.0 Å². The Bertz CT molecular complexity index is 622. The van der Waals surface area contributed by atoms with Gasteiger partial charge in [-0.15, -0.1) is 34.2 Å². The number of aliphatic imine (C=N–C) groups is 1. The Morgan fingerprint density at radius 2 is 2.04 bits per heavy atom. The van der Waals surface area contributed by atoms with E-state index in [0.717, 1.165) is 30.4 Å². The fourth-order valence-electron chi connectivity index (χ4n) is 2.03. The number of aromatic nitrogens is 3. The summed E-state index contributed by atoms with van der Waals surface area (Å²) >= 11 is 0. The van der Waals surface area contributed by atoms with E-state index in [-0.39, 0.29) is 24.0 Å². The highest BCUT2D eigenvalue weighted by Crippen LogP contribution is 2.03. The molecule has 0 aromatic carbocycles. The summed E-state index contributed by atoms with van der Waals surface area (Å²) in [5.41, 5.74) is 0.875. The van der Waals surface area contributed by atoms with Crippen LogP contribution in [-0.4, -0.2) is 39.7 Å². The lowest BCUT2D eigenvalue weighted by atomic mass is 10.1. The lowest BCUT2D eigenvalue weighted by Crippen LogP contribution is -2.44. The van der Waals surface area contributed by atoms with E-state index in [0.29, 0.717) is 18.5 Å². The lowest BCUT2D eigenvalue weighted by Gasteiger charge is -2.20. The van der Waals surface area contributed by atoms with Crippen LogP contribution in [0.1, 0.15) is 33.5 Å².